The van der Waals surface area contributed by atoms with Gasteiger partial charge in [0, 0.05) is 42.5 Å². The van der Waals surface area contributed by atoms with Crippen LogP contribution in [0.25, 0.3) is 10.2 Å². The van der Waals surface area contributed by atoms with Crippen molar-refractivity contribution >= 4 is 33.3 Å². The molecule has 3 heterocycles. The second kappa shape index (κ2) is 8.70. The highest BCUT2D eigenvalue weighted by molar-refractivity contribution is 7.19. The summed E-state index contributed by atoms with van der Waals surface area (Å²) in [6, 6.07) is 7.37. The summed E-state index contributed by atoms with van der Waals surface area (Å²) in [5.74, 6) is 3.13. The smallest absolute Gasteiger partial charge is 0.253 e. The van der Waals surface area contributed by atoms with Crippen molar-refractivity contribution in [3.63, 3.8) is 0 Å². The average molecular weight is 451 g/mol. The number of aryl methyl sites for hydroxylation is 2. The van der Waals surface area contributed by atoms with Crippen LogP contribution in [0.5, 0.6) is 5.75 Å². The Labute approximate surface area is 193 Å². The molecule has 0 unspecified atom stereocenters. The van der Waals surface area contributed by atoms with Crippen LogP contribution in [0, 0.1) is 0 Å². The van der Waals surface area contributed by atoms with Crippen molar-refractivity contribution in [1.29, 1.82) is 0 Å². The molecule has 1 amide bonds. The van der Waals surface area contributed by atoms with Crippen LogP contribution in [-0.4, -0.2) is 54.1 Å². The number of hydrogen-bond acceptors (Lipinski definition) is 6. The van der Waals surface area contributed by atoms with E-state index in [0.29, 0.717) is 18.7 Å². The predicted molar refractivity (Wildman–Crippen MR) is 129 cm³/mol. The molecule has 168 valence electrons. The fourth-order valence-electron chi connectivity index (χ4n) is 4.68. The number of carbonyl (C=O) groups excluding carboxylic acids is 1. The van der Waals surface area contributed by atoms with Crippen LogP contribution in [0.4, 0.5) is 5.82 Å². The van der Waals surface area contributed by atoms with Crippen molar-refractivity contribution in [3.05, 3.63) is 46.1 Å². The summed E-state index contributed by atoms with van der Waals surface area (Å²) in [5.41, 5.74) is 2.18. The number of methoxy groups -OCH3 is 1. The minimum atomic E-state index is 0.0796. The van der Waals surface area contributed by atoms with E-state index in [1.54, 1.807) is 7.11 Å². The van der Waals surface area contributed by atoms with Crippen LogP contribution in [0.1, 0.15) is 59.2 Å². The Hall–Kier alpha value is -2.67. The van der Waals surface area contributed by atoms with Crippen molar-refractivity contribution in [3.8, 4) is 5.75 Å². The molecule has 3 aromatic rings. The van der Waals surface area contributed by atoms with Gasteiger partial charge >= 0.3 is 0 Å². The van der Waals surface area contributed by atoms with Gasteiger partial charge in [-0.15, -0.1) is 11.3 Å². The van der Waals surface area contributed by atoms with E-state index in [0.717, 1.165) is 48.2 Å². The molecule has 0 spiro atoms. The summed E-state index contributed by atoms with van der Waals surface area (Å²) in [4.78, 5) is 29.9. The molecule has 0 atom stereocenters. The lowest BCUT2D eigenvalue weighted by atomic mass is 9.96. The van der Waals surface area contributed by atoms with Gasteiger partial charge in [-0.2, -0.15) is 0 Å². The fraction of sp³-hybridized carbons (Fsp3) is 0.480. The number of thiophene rings is 1. The van der Waals surface area contributed by atoms with Crippen molar-refractivity contribution < 1.29 is 9.53 Å². The summed E-state index contributed by atoms with van der Waals surface area (Å²) >= 11 is 1.86. The Morgan fingerprint density at radius 3 is 2.44 bits per heavy atom. The van der Waals surface area contributed by atoms with Crippen molar-refractivity contribution in [1.82, 2.24) is 14.9 Å². The van der Waals surface area contributed by atoms with Gasteiger partial charge in [0.05, 0.1) is 12.5 Å². The highest BCUT2D eigenvalue weighted by atomic mass is 32.1. The van der Waals surface area contributed by atoms with Crippen LogP contribution in [0.2, 0.25) is 0 Å². The van der Waals surface area contributed by atoms with E-state index in [1.807, 2.05) is 40.5 Å². The monoisotopic (exact) mass is 450 g/mol. The molecule has 1 aliphatic heterocycles. The van der Waals surface area contributed by atoms with Crippen LogP contribution < -0.4 is 9.64 Å². The fourth-order valence-corrected chi connectivity index (χ4v) is 5.94. The molecule has 0 N–H and O–H groups in total. The maximum Gasteiger partial charge on any atom is 0.253 e. The van der Waals surface area contributed by atoms with Gasteiger partial charge in [0.15, 0.2) is 0 Å². The third-order valence-electron chi connectivity index (χ3n) is 6.53. The molecule has 2 aliphatic rings. The van der Waals surface area contributed by atoms with Gasteiger partial charge in [-0.3, -0.25) is 4.79 Å². The van der Waals surface area contributed by atoms with Crippen molar-refractivity contribution in [2.75, 3.05) is 38.2 Å². The number of piperazine rings is 1. The molecule has 7 heteroatoms. The SMILES string of the molecule is COc1ccc(C(=O)N2CCN(c3nc(C(C)C)nc4sc5c(c34)CCCC5)CC2)cc1. The zero-order valence-electron chi connectivity index (χ0n) is 19.1. The molecule has 5 rings (SSSR count). The quantitative estimate of drug-likeness (QED) is 0.578. The van der Waals surface area contributed by atoms with E-state index in [9.17, 15) is 4.79 Å². The van der Waals surface area contributed by atoms with E-state index >= 15 is 0 Å². The summed E-state index contributed by atoms with van der Waals surface area (Å²) in [5, 5.41) is 1.27. The summed E-state index contributed by atoms with van der Waals surface area (Å²) < 4.78 is 5.21. The number of hydrogen-bond donors (Lipinski definition) is 0. The number of ether oxygens (including phenoxy) is 1. The molecule has 0 bridgehead atoms. The summed E-state index contributed by atoms with van der Waals surface area (Å²) in [6.07, 6.45) is 4.81. The minimum Gasteiger partial charge on any atom is -0.497 e. The Kier molecular flexibility index (Phi) is 5.76. The van der Waals surface area contributed by atoms with Crippen molar-refractivity contribution in [2.24, 2.45) is 0 Å². The molecule has 1 aromatic carbocycles. The lowest BCUT2D eigenvalue weighted by molar-refractivity contribution is 0.0746. The van der Waals surface area contributed by atoms with Gasteiger partial charge in [-0.1, -0.05) is 13.8 Å². The second-order valence-corrected chi connectivity index (χ2v) is 10.0. The molecule has 1 aliphatic carbocycles. The average Bonchev–Trinajstić information content (AvgIpc) is 3.22. The van der Waals surface area contributed by atoms with Crippen molar-refractivity contribution in [2.45, 2.75) is 45.4 Å². The predicted octanol–water partition coefficient (Wildman–Crippen LogP) is 4.66. The molecule has 0 saturated carbocycles. The zero-order valence-corrected chi connectivity index (χ0v) is 19.9. The maximum absolute atomic E-state index is 13.0. The molecule has 1 fully saturated rings. The number of rotatable bonds is 4. The first-order valence-corrected chi connectivity index (χ1v) is 12.4. The Bertz CT molecular complexity index is 1130. The third kappa shape index (κ3) is 3.83. The molecule has 0 radical (unpaired) electrons. The van der Waals surface area contributed by atoms with E-state index in [2.05, 4.69) is 18.7 Å². The van der Waals surface area contributed by atoms with Gasteiger partial charge in [0.2, 0.25) is 0 Å². The minimum absolute atomic E-state index is 0.0796. The van der Waals surface area contributed by atoms with Gasteiger partial charge in [0.25, 0.3) is 5.91 Å². The van der Waals surface area contributed by atoms with Crippen LogP contribution in [0.3, 0.4) is 0 Å². The lowest BCUT2D eigenvalue weighted by Crippen LogP contribution is -2.49. The normalized spacial score (nSPS) is 16.5. The molecule has 1 saturated heterocycles. The molecule has 32 heavy (non-hydrogen) atoms. The van der Waals surface area contributed by atoms with E-state index < -0.39 is 0 Å². The third-order valence-corrected chi connectivity index (χ3v) is 7.72. The molecular formula is C25H30N4O2S. The van der Waals surface area contributed by atoms with Gasteiger partial charge < -0.3 is 14.5 Å². The van der Waals surface area contributed by atoms with Gasteiger partial charge in [0.1, 0.15) is 22.2 Å². The standard InChI is InChI=1S/C25H30N4O2S/c1-16(2)22-26-23(21-19-6-4-5-7-20(19)32-24(21)27-22)28-12-14-29(15-13-28)25(30)17-8-10-18(31-3)11-9-17/h8-11,16H,4-7,12-15H2,1-3H3. The van der Waals surface area contributed by atoms with E-state index in [1.165, 1.54) is 28.7 Å². The molecule has 2 aromatic heterocycles. The zero-order chi connectivity index (χ0) is 22.2. The largest absolute Gasteiger partial charge is 0.497 e. The first-order chi connectivity index (χ1) is 15.5. The van der Waals surface area contributed by atoms with Crippen LogP contribution >= 0.6 is 11.3 Å². The van der Waals surface area contributed by atoms with Gasteiger partial charge in [-0.25, -0.2) is 9.97 Å². The Balaban J connectivity index is 1.40. The van der Waals surface area contributed by atoms with Gasteiger partial charge in [-0.05, 0) is 55.5 Å². The second-order valence-electron chi connectivity index (χ2n) is 8.96. The summed E-state index contributed by atoms with van der Waals surface area (Å²) in [6.45, 7) is 7.28. The number of amides is 1. The van der Waals surface area contributed by atoms with Crippen LogP contribution in [0.15, 0.2) is 24.3 Å². The van der Waals surface area contributed by atoms with E-state index in [4.69, 9.17) is 14.7 Å². The molecular weight excluding hydrogens is 420 g/mol. The lowest BCUT2D eigenvalue weighted by Gasteiger charge is -2.36. The Morgan fingerprint density at radius 2 is 1.75 bits per heavy atom. The van der Waals surface area contributed by atoms with E-state index in [-0.39, 0.29) is 11.8 Å². The number of aromatic nitrogens is 2. The Morgan fingerprint density at radius 1 is 1.03 bits per heavy atom. The number of anilines is 1. The number of carbonyl (C=O) groups is 1. The molecule has 6 nitrogen and oxygen atoms in total. The maximum atomic E-state index is 13.0. The highest BCUT2D eigenvalue weighted by Crippen LogP contribution is 2.40. The first-order valence-electron chi connectivity index (χ1n) is 11.6. The highest BCUT2D eigenvalue weighted by Gasteiger charge is 2.28. The summed E-state index contributed by atoms with van der Waals surface area (Å²) in [7, 11) is 1.63. The number of fused-ring (bicyclic) bond motifs is 3. The van der Waals surface area contributed by atoms with Crippen LogP contribution in [-0.2, 0) is 12.8 Å². The number of nitrogens with zero attached hydrogens (tertiary/aromatic N) is 4. The first kappa shape index (κ1) is 21.2. The number of benzene rings is 1. The topological polar surface area (TPSA) is 58.6 Å².